The fraction of sp³-hybridized carbons (Fsp3) is 1.00. The molecular formula is C10H21PS4. The van der Waals surface area contributed by atoms with Crippen LogP contribution < -0.4 is 0 Å². The van der Waals surface area contributed by atoms with Crippen LogP contribution in [0.15, 0.2) is 0 Å². The van der Waals surface area contributed by atoms with E-state index in [0.717, 1.165) is 5.66 Å². The average Bonchev–Trinajstić information content (AvgIpc) is 2.24. The lowest BCUT2D eigenvalue weighted by atomic mass is 10.5. The Hall–Kier alpha value is 1.83. The SMILES string of the molecule is PC1CSCCSCCCSCCSC1. The van der Waals surface area contributed by atoms with Gasteiger partial charge in [-0.2, -0.15) is 47.0 Å². The van der Waals surface area contributed by atoms with Crippen molar-refractivity contribution >= 4 is 56.3 Å². The van der Waals surface area contributed by atoms with Crippen LogP contribution in [0.4, 0.5) is 0 Å². The summed E-state index contributed by atoms with van der Waals surface area (Å²) in [4.78, 5) is 0. The Morgan fingerprint density at radius 1 is 0.667 bits per heavy atom. The molecule has 1 fully saturated rings. The first kappa shape index (κ1) is 14.9. The molecule has 0 saturated carbocycles. The molecule has 0 N–H and O–H groups in total. The van der Waals surface area contributed by atoms with Crippen molar-refractivity contribution in [3.63, 3.8) is 0 Å². The van der Waals surface area contributed by atoms with Gasteiger partial charge in [0.2, 0.25) is 0 Å². The molecule has 0 nitrogen and oxygen atoms in total. The molecule has 5 heteroatoms. The van der Waals surface area contributed by atoms with Gasteiger partial charge in [-0.15, -0.1) is 9.24 Å². The molecule has 0 aromatic heterocycles. The van der Waals surface area contributed by atoms with E-state index in [2.05, 4.69) is 56.3 Å². The van der Waals surface area contributed by atoms with E-state index in [9.17, 15) is 0 Å². The Kier molecular flexibility index (Phi) is 10.9. The highest BCUT2D eigenvalue weighted by Crippen LogP contribution is 2.19. The lowest BCUT2D eigenvalue weighted by molar-refractivity contribution is 1.12. The molecule has 0 spiro atoms. The van der Waals surface area contributed by atoms with Crippen LogP contribution in [0.3, 0.4) is 0 Å². The van der Waals surface area contributed by atoms with E-state index in [1.165, 1.54) is 52.4 Å². The molecule has 0 aromatic carbocycles. The fourth-order valence-corrected chi connectivity index (χ4v) is 6.53. The maximum absolute atomic E-state index is 3.00. The summed E-state index contributed by atoms with van der Waals surface area (Å²) in [6.45, 7) is 0. The lowest BCUT2D eigenvalue weighted by Crippen LogP contribution is -2.07. The minimum Gasteiger partial charge on any atom is -0.161 e. The molecule has 1 rings (SSSR count). The summed E-state index contributed by atoms with van der Waals surface area (Å²) >= 11 is 8.52. The Morgan fingerprint density at radius 2 is 1.13 bits per heavy atom. The van der Waals surface area contributed by atoms with Crippen LogP contribution in [0.25, 0.3) is 0 Å². The van der Waals surface area contributed by atoms with E-state index in [-0.39, 0.29) is 0 Å². The Balaban J connectivity index is 2.10. The number of rotatable bonds is 0. The first-order chi connectivity index (χ1) is 7.39. The highest BCUT2D eigenvalue weighted by Gasteiger charge is 2.03. The van der Waals surface area contributed by atoms with E-state index >= 15 is 0 Å². The Morgan fingerprint density at radius 3 is 1.67 bits per heavy atom. The molecule has 90 valence electrons. The molecule has 0 radical (unpaired) electrons. The van der Waals surface area contributed by atoms with Crippen LogP contribution in [-0.2, 0) is 0 Å². The summed E-state index contributed by atoms with van der Waals surface area (Å²) in [5.41, 5.74) is 0.818. The van der Waals surface area contributed by atoms with Gasteiger partial charge in [0.25, 0.3) is 0 Å². The molecule has 0 bridgehead atoms. The van der Waals surface area contributed by atoms with Gasteiger partial charge in [0, 0.05) is 34.5 Å². The third kappa shape index (κ3) is 9.52. The summed E-state index contributed by atoms with van der Waals surface area (Å²) in [5, 5.41) is 0. The predicted molar refractivity (Wildman–Crippen MR) is 87.4 cm³/mol. The largest absolute Gasteiger partial charge is 0.161 e. The summed E-state index contributed by atoms with van der Waals surface area (Å²) in [6, 6.07) is 0. The molecule has 0 aromatic rings. The van der Waals surface area contributed by atoms with Crippen LogP contribution >= 0.6 is 56.3 Å². The zero-order valence-corrected chi connectivity index (χ0v) is 13.6. The number of hydrogen-bond donors (Lipinski definition) is 0. The minimum atomic E-state index is 0.818. The van der Waals surface area contributed by atoms with Crippen molar-refractivity contribution in [2.24, 2.45) is 0 Å². The van der Waals surface area contributed by atoms with Gasteiger partial charge in [-0.25, -0.2) is 0 Å². The van der Waals surface area contributed by atoms with E-state index in [1.54, 1.807) is 0 Å². The van der Waals surface area contributed by atoms with Gasteiger partial charge in [0.15, 0.2) is 0 Å². The first-order valence-electron chi connectivity index (χ1n) is 5.46. The van der Waals surface area contributed by atoms with Gasteiger partial charge in [0.05, 0.1) is 0 Å². The second kappa shape index (κ2) is 11.0. The second-order valence-electron chi connectivity index (χ2n) is 3.49. The third-order valence-electron chi connectivity index (χ3n) is 1.99. The molecule has 0 amide bonds. The van der Waals surface area contributed by atoms with Crippen molar-refractivity contribution in [3.05, 3.63) is 0 Å². The van der Waals surface area contributed by atoms with E-state index in [1.807, 2.05) is 0 Å². The summed E-state index contributed by atoms with van der Waals surface area (Å²) in [6.07, 6.45) is 1.40. The van der Waals surface area contributed by atoms with E-state index in [4.69, 9.17) is 0 Å². The van der Waals surface area contributed by atoms with Gasteiger partial charge in [-0.3, -0.25) is 0 Å². The molecule has 1 atom stereocenters. The number of thioether (sulfide) groups is 4. The van der Waals surface area contributed by atoms with Crippen LogP contribution in [0.1, 0.15) is 6.42 Å². The van der Waals surface area contributed by atoms with Crippen molar-refractivity contribution in [2.45, 2.75) is 12.1 Å². The number of hydrogen-bond acceptors (Lipinski definition) is 4. The zero-order chi connectivity index (χ0) is 10.8. The predicted octanol–water partition coefficient (Wildman–Crippen LogP) is 3.57. The van der Waals surface area contributed by atoms with Gasteiger partial charge >= 0.3 is 0 Å². The third-order valence-corrected chi connectivity index (χ3v) is 8.11. The van der Waals surface area contributed by atoms with Crippen LogP contribution in [0.2, 0.25) is 0 Å². The first-order valence-corrected chi connectivity index (χ1v) is 10.7. The second-order valence-corrected chi connectivity index (χ2v) is 9.18. The lowest BCUT2D eigenvalue weighted by Gasteiger charge is -2.11. The molecule has 0 aliphatic carbocycles. The van der Waals surface area contributed by atoms with Gasteiger partial charge in [-0.1, -0.05) is 0 Å². The van der Waals surface area contributed by atoms with E-state index in [0.29, 0.717) is 0 Å². The topological polar surface area (TPSA) is 0 Å². The average molecular weight is 301 g/mol. The van der Waals surface area contributed by atoms with Crippen LogP contribution in [0, 0.1) is 0 Å². The highest BCUT2D eigenvalue weighted by molar-refractivity contribution is 8.04. The van der Waals surface area contributed by atoms with Crippen LogP contribution in [-0.4, -0.2) is 51.7 Å². The van der Waals surface area contributed by atoms with Crippen molar-refractivity contribution in [2.75, 3.05) is 46.0 Å². The van der Waals surface area contributed by atoms with Crippen LogP contribution in [0.5, 0.6) is 0 Å². The quantitative estimate of drug-likeness (QED) is 0.627. The zero-order valence-electron chi connectivity index (χ0n) is 9.15. The molecule has 1 unspecified atom stereocenters. The standard InChI is InChI=1S/C10H21PS4/c11-10-8-14-6-4-12-2-1-3-13-5-7-15-9-10/h10H,1-9,11H2. The van der Waals surface area contributed by atoms with E-state index < -0.39 is 0 Å². The molecule has 1 saturated heterocycles. The van der Waals surface area contributed by atoms with Crippen molar-refractivity contribution in [1.29, 1.82) is 0 Å². The molecule has 1 aliphatic heterocycles. The Labute approximate surface area is 114 Å². The Bertz CT molecular complexity index is 131. The maximum atomic E-state index is 3.00. The smallest absolute Gasteiger partial charge is 0.00238 e. The van der Waals surface area contributed by atoms with Crippen molar-refractivity contribution in [1.82, 2.24) is 0 Å². The highest BCUT2D eigenvalue weighted by atomic mass is 32.2. The maximum Gasteiger partial charge on any atom is 0.00238 e. The minimum absolute atomic E-state index is 0.818. The normalized spacial score (nSPS) is 24.6. The summed E-state index contributed by atoms with van der Waals surface area (Å²) < 4.78 is 0. The molecular weight excluding hydrogens is 279 g/mol. The molecule has 1 heterocycles. The van der Waals surface area contributed by atoms with Gasteiger partial charge in [0.1, 0.15) is 0 Å². The van der Waals surface area contributed by atoms with Crippen molar-refractivity contribution < 1.29 is 0 Å². The summed E-state index contributed by atoms with van der Waals surface area (Å²) in [7, 11) is 3.00. The van der Waals surface area contributed by atoms with Crippen molar-refractivity contribution in [3.8, 4) is 0 Å². The summed E-state index contributed by atoms with van der Waals surface area (Å²) in [5.74, 6) is 10.8. The fourth-order valence-electron chi connectivity index (χ4n) is 1.22. The molecule has 1 aliphatic rings. The van der Waals surface area contributed by atoms with Gasteiger partial charge in [-0.05, 0) is 23.6 Å². The monoisotopic (exact) mass is 300 g/mol. The molecule has 15 heavy (non-hydrogen) atoms. The van der Waals surface area contributed by atoms with Gasteiger partial charge < -0.3 is 0 Å².